The van der Waals surface area contributed by atoms with Crippen LogP contribution in [0.5, 0.6) is 11.6 Å². The highest BCUT2D eigenvalue weighted by atomic mass is 31.1. The number of rotatable bonds is 13. The fraction of sp³-hybridized carbons (Fsp3) is 0.515. The number of carboxylic acid groups (broad SMARTS) is 1. The summed E-state index contributed by atoms with van der Waals surface area (Å²) in [7, 11) is -1.33. The molecule has 0 amide bonds. The number of imidazole rings is 1. The number of aromatic nitrogens is 4. The molecule has 4 aromatic rings. The summed E-state index contributed by atoms with van der Waals surface area (Å²) in [5.74, 6) is -1.06. The zero-order chi connectivity index (χ0) is 34.9. The Morgan fingerprint density at radius 1 is 1.18 bits per heavy atom. The number of nitrogens with two attached hydrogens (primary N) is 1. The molecule has 2 fully saturated rings. The van der Waals surface area contributed by atoms with E-state index in [0.717, 1.165) is 42.9 Å². The number of aliphatic hydroxyl groups excluding tert-OH is 1. The van der Waals surface area contributed by atoms with Crippen molar-refractivity contribution in [3.63, 3.8) is 0 Å². The minimum Gasteiger partial charge on any atom is -0.481 e. The first-order valence-electron chi connectivity index (χ1n) is 16.4. The third-order valence-corrected chi connectivity index (χ3v) is 10.6. The normalized spacial score (nSPS) is 24.7. The molecule has 0 bridgehead atoms. The van der Waals surface area contributed by atoms with Gasteiger partial charge in [0.25, 0.3) is 0 Å². The first-order valence-corrected chi connectivity index (χ1v) is 17.5. The Labute approximate surface area is 283 Å². The van der Waals surface area contributed by atoms with Crippen LogP contribution in [0.2, 0.25) is 0 Å². The minimum atomic E-state index is -2.75. The number of nitrogens with zero attached hydrogens (tertiary/aromatic N) is 5. The quantitative estimate of drug-likeness (QED) is 0.111. The lowest BCUT2D eigenvalue weighted by Gasteiger charge is -2.35. The van der Waals surface area contributed by atoms with Crippen LogP contribution >= 0.6 is 8.18 Å². The maximum Gasteiger partial charge on any atom is 0.693 e. The third kappa shape index (κ3) is 7.05. The number of hydrogen-bond acceptors (Lipinski definition) is 12. The first kappa shape index (κ1) is 34.9. The topological polar surface area (TPSA) is 205 Å². The number of ether oxygens (including phenoxy) is 2. The van der Waals surface area contributed by atoms with E-state index >= 15 is 0 Å². The molecule has 2 aromatic carbocycles. The fourth-order valence-corrected chi connectivity index (χ4v) is 8.33. The Hall–Kier alpha value is -3.98. The molecule has 0 radical (unpaired) electrons. The number of anilines is 1. The van der Waals surface area contributed by atoms with Gasteiger partial charge in [-0.2, -0.15) is 9.97 Å². The summed E-state index contributed by atoms with van der Waals surface area (Å²) >= 11 is 0. The molecule has 1 saturated carbocycles. The van der Waals surface area contributed by atoms with Crippen LogP contribution in [-0.2, 0) is 18.9 Å². The van der Waals surface area contributed by atoms with Gasteiger partial charge < -0.3 is 30.5 Å². The van der Waals surface area contributed by atoms with E-state index < -0.39 is 50.1 Å². The number of fused-ring (bicyclic) bond motifs is 2. The van der Waals surface area contributed by atoms with Crippen molar-refractivity contribution in [2.75, 3.05) is 19.5 Å². The van der Waals surface area contributed by atoms with Gasteiger partial charge in [0, 0.05) is 16.4 Å². The number of nitrogen functional groups attached to an aromatic ring is 1. The Morgan fingerprint density at radius 2 is 1.92 bits per heavy atom. The standard InChI is InChI=1S/C33H41N6O9P/c1-19(16-25(40)41)27(21-11-5-4-6-12-21)39(49(44)48-23-15-9-13-20-10-7-8-14-22(20)23)46-17-24-28(42)33(2,43)31(47-24)38-18-35-26-29(38)36-32(34)37-30(26)45-3/h7-10,13-15,18-19,21,24,27-28,31,42-43H,4-6,11-12,16-17H2,1-3H3,(H2-,34,36,37,40,41)/p+1/t19?,24-,27?,28-,31-,33-/m1/s1. The Morgan fingerprint density at radius 3 is 2.65 bits per heavy atom. The zero-order valence-corrected chi connectivity index (χ0v) is 28.5. The number of aliphatic carboxylic acids is 1. The van der Waals surface area contributed by atoms with Crippen LogP contribution in [0.25, 0.3) is 21.9 Å². The van der Waals surface area contributed by atoms with E-state index in [-0.39, 0.29) is 41.9 Å². The summed E-state index contributed by atoms with van der Waals surface area (Å²) in [4.78, 5) is 32.1. The van der Waals surface area contributed by atoms with Crippen LogP contribution in [0.4, 0.5) is 5.95 Å². The van der Waals surface area contributed by atoms with Gasteiger partial charge in [0.1, 0.15) is 24.4 Å². The van der Waals surface area contributed by atoms with E-state index in [4.69, 9.17) is 24.6 Å². The average Bonchev–Trinajstić information content (AvgIpc) is 3.59. The third-order valence-electron chi connectivity index (χ3n) is 9.53. The van der Waals surface area contributed by atoms with Crippen molar-refractivity contribution < 1.29 is 43.5 Å². The molecule has 16 heteroatoms. The first-order chi connectivity index (χ1) is 23.5. The summed E-state index contributed by atoms with van der Waals surface area (Å²) in [6.45, 7) is 2.88. The molecule has 2 aromatic heterocycles. The second-order valence-electron chi connectivity index (χ2n) is 13.0. The van der Waals surface area contributed by atoms with Gasteiger partial charge in [-0.3, -0.25) is 14.2 Å². The van der Waals surface area contributed by atoms with E-state index in [2.05, 4.69) is 15.0 Å². The van der Waals surface area contributed by atoms with E-state index in [1.807, 2.05) is 30.3 Å². The van der Waals surface area contributed by atoms with Gasteiger partial charge in [0.15, 0.2) is 23.1 Å². The van der Waals surface area contributed by atoms with E-state index in [9.17, 15) is 24.7 Å². The van der Waals surface area contributed by atoms with Gasteiger partial charge in [-0.05, 0) is 43.1 Å². The van der Waals surface area contributed by atoms with Crippen LogP contribution in [-0.4, -0.2) is 83.2 Å². The number of benzene rings is 2. The molecule has 0 spiro atoms. The zero-order valence-electron chi connectivity index (χ0n) is 27.6. The molecule has 3 unspecified atom stereocenters. The van der Waals surface area contributed by atoms with Gasteiger partial charge in [0.2, 0.25) is 11.8 Å². The maximum absolute atomic E-state index is 14.3. The van der Waals surface area contributed by atoms with Gasteiger partial charge in [-0.15, -0.1) is 0 Å². The molecule has 15 nitrogen and oxygen atoms in total. The number of hydroxylamine groups is 1. The summed E-state index contributed by atoms with van der Waals surface area (Å²) < 4.78 is 33.4. The molecule has 2 aliphatic rings. The van der Waals surface area contributed by atoms with Crippen molar-refractivity contribution in [3.8, 4) is 11.6 Å². The van der Waals surface area contributed by atoms with E-state index in [1.54, 1.807) is 19.1 Å². The van der Waals surface area contributed by atoms with Gasteiger partial charge >= 0.3 is 14.1 Å². The Balaban J connectivity index is 1.31. The fourth-order valence-electron chi connectivity index (χ4n) is 7.12. The Bertz CT molecular complexity index is 1810. The van der Waals surface area contributed by atoms with Crippen molar-refractivity contribution in [1.82, 2.24) is 24.4 Å². The molecular formula is C33H42N6O9P+. The van der Waals surface area contributed by atoms with Crippen LogP contribution in [0.15, 0.2) is 48.8 Å². The molecule has 3 heterocycles. The smallest absolute Gasteiger partial charge is 0.481 e. The molecular weight excluding hydrogens is 655 g/mol. The van der Waals surface area contributed by atoms with Crippen molar-refractivity contribution >= 4 is 42.0 Å². The summed E-state index contributed by atoms with van der Waals surface area (Å²) in [5.41, 5.74) is 4.53. The SMILES string of the molecule is COc1nc(N)nc2c1ncn2[C@@H]1O[C@H](CON(C(C(C)CC(=O)O)C2CCCCC2)[P+](=O)Oc2cccc3ccccc23)[C@@H](O)[C@@]1(C)O. The van der Waals surface area contributed by atoms with Gasteiger partial charge in [-0.25, -0.2) is 9.51 Å². The van der Waals surface area contributed by atoms with Crippen molar-refractivity contribution in [3.05, 3.63) is 48.8 Å². The Kier molecular flexibility index (Phi) is 10.3. The van der Waals surface area contributed by atoms with Crippen LogP contribution in [0, 0.1) is 11.8 Å². The largest absolute Gasteiger partial charge is 0.693 e. The predicted molar refractivity (Wildman–Crippen MR) is 179 cm³/mol. The molecule has 6 rings (SSSR count). The van der Waals surface area contributed by atoms with Crippen molar-refractivity contribution in [1.29, 1.82) is 0 Å². The van der Waals surface area contributed by atoms with Crippen LogP contribution in [0.3, 0.4) is 0 Å². The summed E-state index contributed by atoms with van der Waals surface area (Å²) in [5, 5.41) is 34.3. The lowest BCUT2D eigenvalue weighted by atomic mass is 9.78. The molecule has 1 aliphatic heterocycles. The lowest BCUT2D eigenvalue weighted by molar-refractivity contribution is -0.181. The molecule has 262 valence electrons. The molecule has 1 saturated heterocycles. The number of carboxylic acids is 1. The predicted octanol–water partition coefficient (Wildman–Crippen LogP) is 4.61. The number of methoxy groups -OCH3 is 1. The average molecular weight is 698 g/mol. The maximum atomic E-state index is 14.3. The lowest BCUT2D eigenvalue weighted by Crippen LogP contribution is -2.47. The molecule has 49 heavy (non-hydrogen) atoms. The number of carbonyl (C=O) groups is 1. The second kappa shape index (κ2) is 14.5. The molecule has 1 aliphatic carbocycles. The van der Waals surface area contributed by atoms with Crippen molar-refractivity contribution in [2.45, 2.75) is 82.5 Å². The monoisotopic (exact) mass is 697 g/mol. The second-order valence-corrected chi connectivity index (χ2v) is 14.0. The highest BCUT2D eigenvalue weighted by Crippen LogP contribution is 2.45. The number of hydrogen-bond donors (Lipinski definition) is 4. The highest BCUT2D eigenvalue weighted by Gasteiger charge is 2.55. The van der Waals surface area contributed by atoms with E-state index in [1.165, 1.54) is 29.8 Å². The highest BCUT2D eigenvalue weighted by molar-refractivity contribution is 7.36. The van der Waals surface area contributed by atoms with E-state index in [0.29, 0.717) is 5.75 Å². The molecule has 7 atom stereocenters. The van der Waals surface area contributed by atoms with Crippen molar-refractivity contribution in [2.24, 2.45) is 11.8 Å². The van der Waals surface area contributed by atoms with Crippen LogP contribution < -0.4 is 15.0 Å². The summed E-state index contributed by atoms with van der Waals surface area (Å²) in [6.07, 6.45) is 1.97. The molecule has 5 N–H and O–H groups in total. The summed E-state index contributed by atoms with van der Waals surface area (Å²) in [6, 6.07) is 12.4. The number of aliphatic hydroxyl groups is 2. The van der Waals surface area contributed by atoms with Crippen LogP contribution in [0.1, 0.15) is 58.6 Å². The van der Waals surface area contributed by atoms with Gasteiger partial charge in [0.05, 0.1) is 24.3 Å². The van der Waals surface area contributed by atoms with Gasteiger partial charge in [-0.1, -0.05) is 62.6 Å². The minimum absolute atomic E-state index is 0.0270.